The Balaban J connectivity index is 3.13. The molecule has 1 amide bonds. The highest BCUT2D eigenvalue weighted by Crippen LogP contribution is 2.38. The Morgan fingerprint density at radius 3 is 2.22 bits per heavy atom. The quantitative estimate of drug-likeness (QED) is 0.453. The Bertz CT molecular complexity index is 486. The van der Waals surface area contributed by atoms with E-state index in [0.717, 1.165) is 0 Å². The third-order valence-electron chi connectivity index (χ3n) is 4.26. The van der Waals surface area contributed by atoms with Gasteiger partial charge in [0.15, 0.2) is 26.6 Å². The Hall–Kier alpha value is -1.61. The Labute approximate surface area is 136 Å². The molecule has 1 heterocycles. The summed E-state index contributed by atoms with van der Waals surface area (Å²) in [7, 11) is 0.0131. The maximum absolute atomic E-state index is 12.2. The highest BCUT2D eigenvalue weighted by atomic mass is 28.4. The van der Waals surface area contributed by atoms with Crippen molar-refractivity contribution in [2.24, 2.45) is 0 Å². The van der Waals surface area contributed by atoms with Crippen LogP contribution < -0.4 is 5.32 Å². The molecule has 1 aliphatic heterocycles. The Morgan fingerprint density at radius 2 is 1.78 bits per heavy atom. The fourth-order valence-corrected chi connectivity index (χ4v) is 3.07. The van der Waals surface area contributed by atoms with E-state index in [1.165, 1.54) is 14.2 Å². The minimum Gasteiger partial charge on any atom is -0.467 e. The van der Waals surface area contributed by atoms with Gasteiger partial charge < -0.3 is 24.0 Å². The molecule has 1 rings (SSSR count). The van der Waals surface area contributed by atoms with Crippen molar-refractivity contribution in [2.45, 2.75) is 57.2 Å². The summed E-state index contributed by atoms with van der Waals surface area (Å²) in [6.07, 6.45) is -3.15. The van der Waals surface area contributed by atoms with Crippen molar-refractivity contribution in [3.05, 3.63) is 0 Å². The number of cyclic esters (lactones) is 1. The van der Waals surface area contributed by atoms with Gasteiger partial charge in [-0.1, -0.05) is 20.8 Å². The first kappa shape index (κ1) is 19.4. The lowest BCUT2D eigenvalue weighted by Crippen LogP contribution is -2.55. The number of carbonyl (C=O) groups excluding carboxylic acids is 3. The number of alkyl carbamates (subject to hydrolysis) is 1. The summed E-state index contributed by atoms with van der Waals surface area (Å²) in [6.45, 7) is 9.90. The molecule has 1 N–H and O–H groups in total. The predicted octanol–water partition coefficient (Wildman–Crippen LogP) is 1.20. The van der Waals surface area contributed by atoms with Crippen LogP contribution in [0.2, 0.25) is 18.1 Å². The largest absolute Gasteiger partial charge is 0.467 e. The summed E-state index contributed by atoms with van der Waals surface area (Å²) in [5.41, 5.74) is 0. The smallest absolute Gasteiger partial charge is 0.408 e. The maximum atomic E-state index is 12.2. The summed E-state index contributed by atoms with van der Waals surface area (Å²) in [5.74, 6) is -1.42. The van der Waals surface area contributed by atoms with Crippen molar-refractivity contribution in [3.8, 4) is 0 Å². The van der Waals surface area contributed by atoms with E-state index in [0.29, 0.717) is 0 Å². The van der Waals surface area contributed by atoms with E-state index in [1.807, 2.05) is 33.9 Å². The lowest BCUT2D eigenvalue weighted by molar-refractivity contribution is -0.157. The van der Waals surface area contributed by atoms with Crippen LogP contribution >= 0.6 is 0 Å². The van der Waals surface area contributed by atoms with Crippen LogP contribution in [0.3, 0.4) is 0 Å². The van der Waals surface area contributed by atoms with E-state index in [9.17, 15) is 14.4 Å². The molecule has 132 valence electrons. The van der Waals surface area contributed by atoms with E-state index < -0.39 is 44.6 Å². The number of methoxy groups -OCH3 is 2. The van der Waals surface area contributed by atoms with Crippen LogP contribution in [0.4, 0.5) is 4.79 Å². The number of nitrogens with one attached hydrogen (secondary N) is 1. The molecule has 0 aliphatic carbocycles. The van der Waals surface area contributed by atoms with Gasteiger partial charge in [-0.15, -0.1) is 0 Å². The van der Waals surface area contributed by atoms with Crippen molar-refractivity contribution < 1.29 is 33.0 Å². The molecule has 0 unspecified atom stereocenters. The van der Waals surface area contributed by atoms with Crippen LogP contribution in [0, 0.1) is 0 Å². The van der Waals surface area contributed by atoms with Gasteiger partial charge in [0, 0.05) is 0 Å². The first-order valence-corrected chi connectivity index (χ1v) is 10.2. The van der Waals surface area contributed by atoms with Crippen LogP contribution in [0.1, 0.15) is 20.8 Å². The highest BCUT2D eigenvalue weighted by Gasteiger charge is 2.52. The van der Waals surface area contributed by atoms with Gasteiger partial charge in [-0.3, -0.25) is 0 Å². The summed E-state index contributed by atoms with van der Waals surface area (Å²) in [6, 6.07) is -1.12. The Kier molecular flexibility index (Phi) is 5.81. The molecule has 0 spiro atoms. The summed E-state index contributed by atoms with van der Waals surface area (Å²) < 4.78 is 20.5. The van der Waals surface area contributed by atoms with E-state index in [4.69, 9.17) is 13.9 Å². The molecule has 0 aromatic rings. The molecule has 3 atom stereocenters. The fourth-order valence-electron chi connectivity index (χ4n) is 1.85. The van der Waals surface area contributed by atoms with Crippen LogP contribution in [0.5, 0.6) is 0 Å². The third-order valence-corrected chi connectivity index (χ3v) is 8.72. The minimum absolute atomic E-state index is 0.184. The van der Waals surface area contributed by atoms with Crippen molar-refractivity contribution in [1.82, 2.24) is 5.32 Å². The zero-order valence-electron chi connectivity index (χ0n) is 14.6. The van der Waals surface area contributed by atoms with Gasteiger partial charge in [-0.25, -0.2) is 14.4 Å². The second-order valence-electron chi connectivity index (χ2n) is 6.84. The van der Waals surface area contributed by atoms with Crippen molar-refractivity contribution in [2.75, 3.05) is 14.2 Å². The van der Waals surface area contributed by atoms with Gasteiger partial charge in [0.2, 0.25) is 0 Å². The number of amides is 1. The average Bonchev–Trinajstić information content (AvgIpc) is 2.83. The van der Waals surface area contributed by atoms with E-state index in [1.54, 1.807) is 0 Å². The van der Waals surface area contributed by atoms with Crippen LogP contribution in [-0.2, 0) is 28.2 Å². The number of esters is 2. The van der Waals surface area contributed by atoms with Gasteiger partial charge in [0.25, 0.3) is 0 Å². The number of ether oxygens (including phenoxy) is 3. The predicted molar refractivity (Wildman–Crippen MR) is 83.3 cm³/mol. The molecule has 1 saturated heterocycles. The summed E-state index contributed by atoms with van der Waals surface area (Å²) >= 11 is 0. The molecular weight excluding hydrogens is 322 g/mol. The van der Waals surface area contributed by atoms with Crippen molar-refractivity contribution in [3.63, 3.8) is 0 Å². The molecule has 1 aliphatic rings. The first-order valence-electron chi connectivity index (χ1n) is 7.25. The van der Waals surface area contributed by atoms with Gasteiger partial charge in [-0.2, -0.15) is 0 Å². The summed E-state index contributed by atoms with van der Waals surface area (Å²) in [4.78, 5) is 35.5. The standard InChI is InChI=1S/C14H25NO7Si/c1-14(2,3)23(6,7)22-10(12(17)20-5)9-8(11(16)19-4)15-13(18)21-9/h8-10H,1-7H3,(H,15,18)/t8-,9-,10+/m0/s1. The lowest BCUT2D eigenvalue weighted by Gasteiger charge is -2.39. The number of hydrogen-bond acceptors (Lipinski definition) is 7. The van der Waals surface area contributed by atoms with Gasteiger partial charge in [0.05, 0.1) is 14.2 Å². The van der Waals surface area contributed by atoms with Gasteiger partial charge >= 0.3 is 18.0 Å². The normalized spacial score (nSPS) is 22.8. The molecule has 1 fully saturated rings. The zero-order chi connectivity index (χ0) is 18.0. The summed E-state index contributed by atoms with van der Waals surface area (Å²) in [5, 5.41) is 2.15. The van der Waals surface area contributed by atoms with Crippen LogP contribution in [0.15, 0.2) is 0 Å². The van der Waals surface area contributed by atoms with E-state index >= 15 is 0 Å². The van der Waals surface area contributed by atoms with Gasteiger partial charge in [0.1, 0.15) is 0 Å². The number of rotatable bonds is 5. The molecule has 0 aromatic carbocycles. The van der Waals surface area contributed by atoms with E-state index in [-0.39, 0.29) is 5.04 Å². The molecule has 8 nitrogen and oxygen atoms in total. The molecular formula is C14H25NO7Si. The van der Waals surface area contributed by atoms with E-state index in [2.05, 4.69) is 10.1 Å². The Morgan fingerprint density at radius 1 is 1.22 bits per heavy atom. The molecule has 0 bridgehead atoms. The van der Waals surface area contributed by atoms with Crippen LogP contribution in [0.25, 0.3) is 0 Å². The van der Waals surface area contributed by atoms with Crippen molar-refractivity contribution in [1.29, 1.82) is 0 Å². The highest BCUT2D eigenvalue weighted by molar-refractivity contribution is 6.74. The lowest BCUT2D eigenvalue weighted by atomic mass is 10.1. The monoisotopic (exact) mass is 347 g/mol. The number of hydrogen-bond donors (Lipinski definition) is 1. The second kappa shape index (κ2) is 6.87. The van der Waals surface area contributed by atoms with Crippen LogP contribution in [-0.4, -0.2) is 58.8 Å². The average molecular weight is 347 g/mol. The topological polar surface area (TPSA) is 100 Å². The molecule has 23 heavy (non-hydrogen) atoms. The second-order valence-corrected chi connectivity index (χ2v) is 11.6. The number of carbonyl (C=O) groups is 3. The van der Waals surface area contributed by atoms with Crippen molar-refractivity contribution >= 4 is 26.3 Å². The SMILES string of the molecule is COC(=O)[C@H]1NC(=O)O[C@@H]1[C@@H](O[Si](C)(C)C(C)(C)C)C(=O)OC. The fraction of sp³-hybridized carbons (Fsp3) is 0.786. The first-order chi connectivity index (χ1) is 10.4. The molecule has 9 heteroatoms. The molecule has 0 saturated carbocycles. The third kappa shape index (κ3) is 4.23. The maximum Gasteiger partial charge on any atom is 0.408 e. The zero-order valence-corrected chi connectivity index (χ0v) is 15.6. The molecule has 0 radical (unpaired) electrons. The van der Waals surface area contributed by atoms with Gasteiger partial charge in [-0.05, 0) is 18.1 Å². The molecule has 0 aromatic heterocycles. The minimum atomic E-state index is -2.38.